The van der Waals surface area contributed by atoms with E-state index in [9.17, 15) is 0 Å². The predicted molar refractivity (Wildman–Crippen MR) is 81.4 cm³/mol. The summed E-state index contributed by atoms with van der Waals surface area (Å²) in [6, 6.07) is 16.2. The van der Waals surface area contributed by atoms with Crippen LogP contribution < -0.4 is 10.6 Å². The number of rotatable bonds is 3. The third-order valence-corrected chi connectivity index (χ3v) is 4.07. The van der Waals surface area contributed by atoms with Gasteiger partial charge in [-0.05, 0) is 42.6 Å². The van der Waals surface area contributed by atoms with Gasteiger partial charge in [-0.25, -0.2) is 0 Å². The summed E-state index contributed by atoms with van der Waals surface area (Å²) in [5, 5.41) is 9.93. The van der Waals surface area contributed by atoms with Crippen LogP contribution in [0.2, 0.25) is 0 Å². The topological polar surface area (TPSA) is 24.1 Å². The zero-order valence-corrected chi connectivity index (χ0v) is 11.5. The van der Waals surface area contributed by atoms with Gasteiger partial charge in [0.15, 0.2) is 0 Å². The van der Waals surface area contributed by atoms with Gasteiger partial charge in [0, 0.05) is 18.6 Å². The van der Waals surface area contributed by atoms with Crippen LogP contribution >= 0.6 is 0 Å². The van der Waals surface area contributed by atoms with E-state index in [0.29, 0.717) is 12.1 Å². The van der Waals surface area contributed by atoms with Gasteiger partial charge in [0.05, 0.1) is 0 Å². The van der Waals surface area contributed by atoms with Crippen LogP contribution in [0.25, 0.3) is 10.8 Å². The maximum Gasteiger partial charge on any atom is 0.0301 e. The molecule has 0 saturated carbocycles. The molecule has 1 aliphatic heterocycles. The molecule has 0 radical (unpaired) electrons. The fourth-order valence-electron chi connectivity index (χ4n) is 3.07. The molecule has 2 aromatic carbocycles. The number of nitrogens with one attached hydrogen (secondary N) is 2. The van der Waals surface area contributed by atoms with Crippen LogP contribution in [0, 0.1) is 0 Å². The Kier molecular flexibility index (Phi) is 3.81. The average molecular weight is 254 g/mol. The first kappa shape index (κ1) is 12.6. The van der Waals surface area contributed by atoms with Gasteiger partial charge < -0.3 is 10.6 Å². The highest BCUT2D eigenvalue weighted by Gasteiger charge is 2.16. The molecule has 1 heterocycles. The van der Waals surface area contributed by atoms with E-state index >= 15 is 0 Å². The highest BCUT2D eigenvalue weighted by Crippen LogP contribution is 2.24. The maximum absolute atomic E-state index is 3.76. The molecule has 1 saturated heterocycles. The molecule has 2 nitrogen and oxygen atoms in total. The van der Waals surface area contributed by atoms with Crippen LogP contribution in [0.1, 0.15) is 31.4 Å². The molecule has 19 heavy (non-hydrogen) atoms. The third kappa shape index (κ3) is 2.80. The van der Waals surface area contributed by atoms with Crippen molar-refractivity contribution >= 4 is 10.8 Å². The summed E-state index contributed by atoms with van der Waals surface area (Å²) in [6.45, 7) is 4.53. The van der Waals surface area contributed by atoms with E-state index in [-0.39, 0.29) is 0 Å². The molecule has 0 amide bonds. The molecule has 2 N–H and O–H groups in total. The number of hydrogen-bond donors (Lipinski definition) is 2. The molecular formula is C17H22N2. The molecule has 0 aliphatic carbocycles. The van der Waals surface area contributed by atoms with Crippen molar-refractivity contribution in [3.05, 3.63) is 48.0 Å². The Balaban J connectivity index is 1.82. The Morgan fingerprint density at radius 3 is 2.84 bits per heavy atom. The first-order valence-electron chi connectivity index (χ1n) is 7.29. The van der Waals surface area contributed by atoms with Gasteiger partial charge in [-0.3, -0.25) is 0 Å². The molecule has 100 valence electrons. The average Bonchev–Trinajstić information content (AvgIpc) is 2.47. The Bertz CT molecular complexity index is 538. The van der Waals surface area contributed by atoms with Crippen molar-refractivity contribution in [2.24, 2.45) is 0 Å². The highest BCUT2D eigenvalue weighted by atomic mass is 15.0. The van der Waals surface area contributed by atoms with E-state index in [0.717, 1.165) is 6.54 Å². The fourth-order valence-corrected chi connectivity index (χ4v) is 3.07. The van der Waals surface area contributed by atoms with Crippen LogP contribution in [0.4, 0.5) is 0 Å². The Morgan fingerprint density at radius 1 is 1.16 bits per heavy atom. The van der Waals surface area contributed by atoms with Crippen molar-refractivity contribution in [2.75, 3.05) is 13.1 Å². The summed E-state index contributed by atoms with van der Waals surface area (Å²) < 4.78 is 0. The second-order valence-corrected chi connectivity index (χ2v) is 5.50. The smallest absolute Gasteiger partial charge is 0.0301 e. The first-order chi connectivity index (χ1) is 9.34. The minimum absolute atomic E-state index is 0.399. The van der Waals surface area contributed by atoms with Crippen LogP contribution in [0.3, 0.4) is 0 Å². The lowest BCUT2D eigenvalue weighted by atomic mass is 9.98. The first-order valence-corrected chi connectivity index (χ1v) is 7.29. The molecule has 1 unspecified atom stereocenters. The monoisotopic (exact) mass is 254 g/mol. The zero-order chi connectivity index (χ0) is 13.1. The quantitative estimate of drug-likeness (QED) is 0.878. The van der Waals surface area contributed by atoms with Crippen molar-refractivity contribution < 1.29 is 0 Å². The highest BCUT2D eigenvalue weighted by molar-refractivity contribution is 5.86. The Labute approximate surface area is 115 Å². The van der Waals surface area contributed by atoms with Gasteiger partial charge in [0.1, 0.15) is 0 Å². The van der Waals surface area contributed by atoms with E-state index in [1.807, 2.05) is 0 Å². The van der Waals surface area contributed by atoms with Gasteiger partial charge >= 0.3 is 0 Å². The Hall–Kier alpha value is -1.38. The lowest BCUT2D eigenvalue weighted by molar-refractivity contribution is 0.363. The minimum atomic E-state index is 0.399. The SMILES string of the molecule is C[C@@H](NC1CCCNC1)c1cccc2ccccc12. The second kappa shape index (κ2) is 5.72. The van der Waals surface area contributed by atoms with Gasteiger partial charge in [-0.15, -0.1) is 0 Å². The summed E-state index contributed by atoms with van der Waals surface area (Å²) in [5.41, 5.74) is 1.41. The molecule has 3 rings (SSSR count). The zero-order valence-electron chi connectivity index (χ0n) is 11.5. The normalized spacial score (nSPS) is 21.4. The fraction of sp³-hybridized carbons (Fsp3) is 0.412. The van der Waals surface area contributed by atoms with Gasteiger partial charge in [0.2, 0.25) is 0 Å². The van der Waals surface area contributed by atoms with Gasteiger partial charge in [-0.1, -0.05) is 42.5 Å². The molecule has 2 aromatic rings. The van der Waals surface area contributed by atoms with Crippen molar-refractivity contribution in [1.82, 2.24) is 10.6 Å². The van der Waals surface area contributed by atoms with E-state index in [1.165, 1.54) is 35.7 Å². The van der Waals surface area contributed by atoms with E-state index in [1.54, 1.807) is 0 Å². The standard InChI is InChI=1S/C17H22N2/c1-13(19-15-8-5-11-18-12-15)16-10-4-7-14-6-2-3-9-17(14)16/h2-4,6-7,9-10,13,15,18-19H,5,8,11-12H2,1H3/t13-,15?/m1/s1. The minimum Gasteiger partial charge on any atom is -0.315 e. The van der Waals surface area contributed by atoms with E-state index in [2.05, 4.69) is 60.0 Å². The van der Waals surface area contributed by atoms with Gasteiger partial charge in [0.25, 0.3) is 0 Å². The maximum atomic E-state index is 3.76. The number of hydrogen-bond acceptors (Lipinski definition) is 2. The van der Waals surface area contributed by atoms with Crippen molar-refractivity contribution in [1.29, 1.82) is 0 Å². The van der Waals surface area contributed by atoms with Crippen LogP contribution in [-0.2, 0) is 0 Å². The molecule has 1 aliphatic rings. The van der Waals surface area contributed by atoms with E-state index in [4.69, 9.17) is 0 Å². The molecule has 1 fully saturated rings. The van der Waals surface area contributed by atoms with Crippen molar-refractivity contribution in [3.8, 4) is 0 Å². The van der Waals surface area contributed by atoms with Crippen molar-refractivity contribution in [2.45, 2.75) is 31.8 Å². The number of piperidine rings is 1. The summed E-state index contributed by atoms with van der Waals surface area (Å²) in [7, 11) is 0. The summed E-state index contributed by atoms with van der Waals surface area (Å²) in [4.78, 5) is 0. The summed E-state index contributed by atoms with van der Waals surface area (Å²) in [6.07, 6.45) is 2.56. The Morgan fingerprint density at radius 2 is 2.00 bits per heavy atom. The predicted octanol–water partition coefficient (Wildman–Crippen LogP) is 3.24. The molecule has 0 aromatic heterocycles. The van der Waals surface area contributed by atoms with Gasteiger partial charge in [-0.2, -0.15) is 0 Å². The summed E-state index contributed by atoms with van der Waals surface area (Å²) >= 11 is 0. The number of fused-ring (bicyclic) bond motifs is 1. The second-order valence-electron chi connectivity index (χ2n) is 5.50. The lowest BCUT2D eigenvalue weighted by Gasteiger charge is -2.28. The molecule has 2 heteroatoms. The molecule has 0 spiro atoms. The lowest BCUT2D eigenvalue weighted by Crippen LogP contribution is -2.43. The summed E-state index contributed by atoms with van der Waals surface area (Å²) in [5.74, 6) is 0. The van der Waals surface area contributed by atoms with E-state index < -0.39 is 0 Å². The third-order valence-electron chi connectivity index (χ3n) is 4.07. The largest absolute Gasteiger partial charge is 0.315 e. The number of benzene rings is 2. The molecule has 2 atom stereocenters. The van der Waals surface area contributed by atoms with Crippen molar-refractivity contribution in [3.63, 3.8) is 0 Å². The molecule has 0 bridgehead atoms. The van der Waals surface area contributed by atoms with Crippen LogP contribution in [0.15, 0.2) is 42.5 Å². The van der Waals surface area contributed by atoms with Crippen LogP contribution in [0.5, 0.6) is 0 Å². The molecular weight excluding hydrogens is 232 g/mol. The van der Waals surface area contributed by atoms with Crippen LogP contribution in [-0.4, -0.2) is 19.1 Å².